The molecule has 0 amide bonds. The molecule has 1 saturated carbocycles. The first-order valence-electron chi connectivity index (χ1n) is 4.61. The molecule has 1 fully saturated rings. The molecule has 2 rings (SSSR count). The number of ether oxygens (including phenoxy) is 1. The van der Waals surface area contributed by atoms with E-state index in [0.717, 1.165) is 18.5 Å². The number of aromatic nitrogens is 3. The summed E-state index contributed by atoms with van der Waals surface area (Å²) in [5.74, 6) is -0.134. The first kappa shape index (κ1) is 9.18. The number of carbonyl (C=O) groups excluding carboxylic acids is 1. The van der Waals surface area contributed by atoms with Crippen molar-refractivity contribution in [3.8, 4) is 0 Å². The zero-order valence-electron chi connectivity index (χ0n) is 8.36. The molecule has 0 bridgehead atoms. The summed E-state index contributed by atoms with van der Waals surface area (Å²) in [5.41, 5.74) is 0.542. The van der Waals surface area contributed by atoms with E-state index >= 15 is 0 Å². The number of rotatable bonds is 3. The molecule has 1 heterocycles. The van der Waals surface area contributed by atoms with E-state index in [9.17, 15) is 4.79 Å². The van der Waals surface area contributed by atoms with Crippen LogP contribution in [0.1, 0.15) is 18.5 Å². The fourth-order valence-electron chi connectivity index (χ4n) is 1.58. The maximum atomic E-state index is 11.4. The Hall–Kier alpha value is -1.39. The second-order valence-electron chi connectivity index (χ2n) is 3.83. The summed E-state index contributed by atoms with van der Waals surface area (Å²) in [5, 5.41) is 7.79. The predicted molar refractivity (Wildman–Crippen MR) is 48.4 cm³/mol. The summed E-state index contributed by atoms with van der Waals surface area (Å²) in [6.45, 7) is 2.46. The van der Waals surface area contributed by atoms with Crippen LogP contribution in [0.5, 0.6) is 0 Å². The number of carbonyl (C=O) groups is 1. The Kier molecular flexibility index (Phi) is 2.02. The van der Waals surface area contributed by atoms with Crippen LogP contribution in [-0.4, -0.2) is 28.1 Å². The van der Waals surface area contributed by atoms with Crippen molar-refractivity contribution in [3.63, 3.8) is 0 Å². The van der Waals surface area contributed by atoms with Gasteiger partial charge < -0.3 is 4.74 Å². The average Bonchev–Trinajstić information content (AvgIpc) is 2.84. The van der Waals surface area contributed by atoms with Crippen molar-refractivity contribution in [2.45, 2.75) is 26.3 Å². The largest absolute Gasteiger partial charge is 0.469 e. The van der Waals surface area contributed by atoms with Gasteiger partial charge in [-0.1, -0.05) is 5.21 Å². The van der Waals surface area contributed by atoms with Gasteiger partial charge in [-0.25, -0.2) is 0 Å². The summed E-state index contributed by atoms with van der Waals surface area (Å²) in [7, 11) is 1.43. The third kappa shape index (κ3) is 1.49. The topological polar surface area (TPSA) is 57.0 Å². The molecular weight excluding hydrogens is 182 g/mol. The Morgan fingerprint density at radius 1 is 1.71 bits per heavy atom. The third-order valence-electron chi connectivity index (χ3n) is 2.59. The van der Waals surface area contributed by atoms with Gasteiger partial charge in [0, 0.05) is 6.20 Å². The van der Waals surface area contributed by atoms with Crippen molar-refractivity contribution in [3.05, 3.63) is 11.9 Å². The summed E-state index contributed by atoms with van der Waals surface area (Å²) in [6, 6.07) is 0. The van der Waals surface area contributed by atoms with Crippen molar-refractivity contribution in [1.82, 2.24) is 15.0 Å². The minimum atomic E-state index is -0.325. The van der Waals surface area contributed by atoms with Crippen LogP contribution in [0.2, 0.25) is 0 Å². The fourth-order valence-corrected chi connectivity index (χ4v) is 1.58. The first-order chi connectivity index (χ1) is 6.66. The van der Waals surface area contributed by atoms with Gasteiger partial charge in [0.1, 0.15) is 0 Å². The quantitative estimate of drug-likeness (QED) is 0.660. The second-order valence-corrected chi connectivity index (χ2v) is 3.83. The minimum absolute atomic E-state index is 0.134. The van der Waals surface area contributed by atoms with E-state index < -0.39 is 0 Å². The van der Waals surface area contributed by atoms with Crippen molar-refractivity contribution >= 4 is 5.97 Å². The highest BCUT2D eigenvalue weighted by Gasteiger charge is 2.51. The highest BCUT2D eigenvalue weighted by molar-refractivity contribution is 5.79. The number of aryl methyl sites for hydroxylation is 1. The zero-order valence-corrected chi connectivity index (χ0v) is 8.36. The van der Waals surface area contributed by atoms with Gasteiger partial charge in [-0.3, -0.25) is 9.48 Å². The molecular formula is C9H13N3O2. The second kappa shape index (κ2) is 3.08. The number of hydrogen-bond donors (Lipinski definition) is 0. The highest BCUT2D eigenvalue weighted by atomic mass is 16.5. The predicted octanol–water partition coefficient (Wildman–Crippen LogP) is 0.540. The van der Waals surface area contributed by atoms with Gasteiger partial charge >= 0.3 is 5.97 Å². The van der Waals surface area contributed by atoms with Gasteiger partial charge in [-0.05, 0) is 19.8 Å². The molecule has 0 spiro atoms. The van der Waals surface area contributed by atoms with Crippen LogP contribution >= 0.6 is 0 Å². The fraction of sp³-hybridized carbons (Fsp3) is 0.667. The maximum absolute atomic E-state index is 11.4. The molecule has 0 radical (unpaired) electrons. The van der Waals surface area contributed by atoms with Crippen LogP contribution in [0.4, 0.5) is 0 Å². The number of nitrogens with zero attached hydrogens (tertiary/aromatic N) is 3. The van der Waals surface area contributed by atoms with Crippen molar-refractivity contribution < 1.29 is 9.53 Å². The van der Waals surface area contributed by atoms with Gasteiger partial charge in [0.25, 0.3) is 0 Å². The first-order valence-corrected chi connectivity index (χ1v) is 4.61. The molecule has 0 saturated heterocycles. The molecule has 1 aliphatic rings. The van der Waals surface area contributed by atoms with E-state index in [1.165, 1.54) is 7.11 Å². The molecule has 14 heavy (non-hydrogen) atoms. The Balaban J connectivity index is 2.07. The van der Waals surface area contributed by atoms with Crippen molar-refractivity contribution in [2.75, 3.05) is 7.11 Å². The molecule has 5 nitrogen and oxygen atoms in total. The molecule has 0 N–H and O–H groups in total. The molecule has 1 aromatic rings. The van der Waals surface area contributed by atoms with Crippen molar-refractivity contribution in [1.29, 1.82) is 0 Å². The van der Waals surface area contributed by atoms with E-state index in [1.807, 2.05) is 13.1 Å². The molecule has 0 atom stereocenters. The van der Waals surface area contributed by atoms with Gasteiger partial charge in [0.15, 0.2) is 0 Å². The maximum Gasteiger partial charge on any atom is 0.313 e. The van der Waals surface area contributed by atoms with E-state index in [-0.39, 0.29) is 11.4 Å². The minimum Gasteiger partial charge on any atom is -0.469 e. The van der Waals surface area contributed by atoms with Gasteiger partial charge in [0.2, 0.25) is 0 Å². The van der Waals surface area contributed by atoms with Gasteiger partial charge in [0.05, 0.1) is 24.8 Å². The van der Waals surface area contributed by atoms with E-state index in [1.54, 1.807) is 4.68 Å². The molecule has 0 unspecified atom stereocenters. The Morgan fingerprint density at radius 3 is 2.86 bits per heavy atom. The summed E-state index contributed by atoms with van der Waals surface area (Å²) in [4.78, 5) is 11.4. The Bertz CT molecular complexity index is 355. The van der Waals surface area contributed by atoms with Crippen LogP contribution in [0.3, 0.4) is 0 Å². The van der Waals surface area contributed by atoms with Gasteiger partial charge in [-0.2, -0.15) is 0 Å². The van der Waals surface area contributed by atoms with E-state index in [0.29, 0.717) is 6.54 Å². The normalized spacial score (nSPS) is 17.9. The van der Waals surface area contributed by atoms with Crippen LogP contribution in [0, 0.1) is 12.3 Å². The third-order valence-corrected chi connectivity index (χ3v) is 2.59. The van der Waals surface area contributed by atoms with E-state index in [4.69, 9.17) is 4.74 Å². The monoisotopic (exact) mass is 195 g/mol. The molecule has 76 valence electrons. The Morgan fingerprint density at radius 2 is 2.43 bits per heavy atom. The molecule has 5 heteroatoms. The van der Waals surface area contributed by atoms with Crippen LogP contribution in [-0.2, 0) is 16.1 Å². The number of esters is 1. The van der Waals surface area contributed by atoms with Crippen molar-refractivity contribution in [2.24, 2.45) is 5.41 Å². The SMILES string of the molecule is COC(=O)C1(Cn2cc(C)nn2)CC1. The molecule has 1 aromatic heterocycles. The highest BCUT2D eigenvalue weighted by Crippen LogP contribution is 2.47. The Labute approximate surface area is 82.1 Å². The summed E-state index contributed by atoms with van der Waals surface area (Å²) < 4.78 is 6.46. The summed E-state index contributed by atoms with van der Waals surface area (Å²) in [6.07, 6.45) is 3.61. The summed E-state index contributed by atoms with van der Waals surface area (Å²) >= 11 is 0. The molecule has 0 aromatic carbocycles. The lowest BCUT2D eigenvalue weighted by atomic mass is 10.1. The van der Waals surface area contributed by atoms with Gasteiger partial charge in [-0.15, -0.1) is 5.10 Å². The lowest BCUT2D eigenvalue weighted by Crippen LogP contribution is -2.23. The standard InChI is InChI=1S/C9H13N3O2/c1-7-5-12(11-10-7)6-9(3-4-9)8(13)14-2/h5H,3-4,6H2,1-2H3. The number of methoxy groups -OCH3 is 1. The lowest BCUT2D eigenvalue weighted by molar-refractivity contribution is -0.147. The van der Waals surface area contributed by atoms with E-state index in [2.05, 4.69) is 10.3 Å². The van der Waals surface area contributed by atoms with Crippen LogP contribution in [0.15, 0.2) is 6.20 Å². The zero-order chi connectivity index (χ0) is 10.2. The van der Waals surface area contributed by atoms with Crippen LogP contribution < -0.4 is 0 Å². The smallest absolute Gasteiger partial charge is 0.313 e. The van der Waals surface area contributed by atoms with Crippen LogP contribution in [0.25, 0.3) is 0 Å². The molecule has 1 aliphatic carbocycles. The molecule has 0 aliphatic heterocycles. The average molecular weight is 195 g/mol. The lowest BCUT2D eigenvalue weighted by Gasteiger charge is -2.11. The number of hydrogen-bond acceptors (Lipinski definition) is 4.